The van der Waals surface area contributed by atoms with Gasteiger partial charge in [0.2, 0.25) is 0 Å². The van der Waals surface area contributed by atoms with Crippen LogP contribution in [0.4, 0.5) is 0 Å². The minimum Gasteiger partial charge on any atom is -0.508 e. The summed E-state index contributed by atoms with van der Waals surface area (Å²) in [6.07, 6.45) is -2.92. The van der Waals surface area contributed by atoms with Crippen molar-refractivity contribution in [3.8, 4) is 23.3 Å². The van der Waals surface area contributed by atoms with Crippen molar-refractivity contribution in [3.63, 3.8) is 0 Å². The molecule has 4 atom stereocenters. The molecule has 28 heavy (non-hydrogen) atoms. The Morgan fingerprint density at radius 1 is 0.536 bits per heavy atom. The third-order valence-electron chi connectivity index (χ3n) is 5.69. The van der Waals surface area contributed by atoms with E-state index in [1.807, 2.05) is 0 Å². The molecule has 0 aliphatic heterocycles. The Morgan fingerprint density at radius 3 is 1.21 bits per heavy atom. The lowest BCUT2D eigenvalue weighted by Crippen LogP contribution is -2.35. The molecule has 0 saturated heterocycles. The van der Waals surface area contributed by atoms with E-state index in [1.165, 1.54) is 12.1 Å². The van der Waals surface area contributed by atoms with Gasteiger partial charge in [0.25, 0.3) is 0 Å². The Bertz CT molecular complexity index is 909. The van der Waals surface area contributed by atoms with Crippen LogP contribution >= 0.6 is 0 Å². The van der Waals surface area contributed by atoms with Crippen LogP contribution in [0.2, 0.25) is 0 Å². The molecule has 2 aliphatic carbocycles. The molecule has 4 rings (SSSR count). The maximum atomic E-state index is 10.1. The van der Waals surface area contributed by atoms with E-state index in [2.05, 4.69) is 11.8 Å². The molecule has 0 radical (unpaired) electrons. The molecule has 2 aromatic carbocycles. The van der Waals surface area contributed by atoms with Crippen LogP contribution in [0.15, 0.2) is 24.3 Å². The Balaban J connectivity index is 1.76. The Morgan fingerprint density at radius 2 is 0.857 bits per heavy atom. The van der Waals surface area contributed by atoms with Crippen molar-refractivity contribution in [1.82, 2.24) is 0 Å². The van der Waals surface area contributed by atoms with Gasteiger partial charge in [-0.2, -0.15) is 0 Å². The third kappa shape index (κ3) is 3.23. The molecule has 0 heterocycles. The number of hydrogen-bond acceptors (Lipinski definition) is 6. The van der Waals surface area contributed by atoms with Gasteiger partial charge in [-0.25, -0.2) is 0 Å². The standard InChI is InChI=1S/C22H22O6/c23-17-5-3-11(13-7-19(25)21(27)9-15(13)17)1-2-12-4-6-18(24)16-10-22(28)20(26)8-14(12)16/h3-6,19-28H,7-10H2/t19-,20-,21+,22+/m1/s1. The van der Waals surface area contributed by atoms with Crippen LogP contribution < -0.4 is 0 Å². The van der Waals surface area contributed by atoms with Crippen LogP contribution in [0.25, 0.3) is 0 Å². The summed E-state index contributed by atoms with van der Waals surface area (Å²) in [5.41, 5.74) is 3.92. The summed E-state index contributed by atoms with van der Waals surface area (Å²) in [5, 5.41) is 60.0. The number of aromatic hydroxyl groups is 2. The molecule has 0 spiro atoms. The zero-order valence-electron chi connectivity index (χ0n) is 15.1. The van der Waals surface area contributed by atoms with Gasteiger partial charge in [-0.15, -0.1) is 0 Å². The number of hydrogen-bond donors (Lipinski definition) is 6. The lowest BCUT2D eigenvalue weighted by atomic mass is 9.83. The summed E-state index contributed by atoms with van der Waals surface area (Å²) in [4.78, 5) is 0. The van der Waals surface area contributed by atoms with Crippen LogP contribution in [0.3, 0.4) is 0 Å². The van der Waals surface area contributed by atoms with E-state index < -0.39 is 24.4 Å². The summed E-state index contributed by atoms with van der Waals surface area (Å²) in [7, 11) is 0. The monoisotopic (exact) mass is 382 g/mol. The number of phenolic OH excluding ortho intramolecular Hbond substituents is 2. The number of fused-ring (bicyclic) bond motifs is 2. The van der Waals surface area contributed by atoms with Crippen LogP contribution in [0, 0.1) is 11.8 Å². The molecule has 0 fully saturated rings. The van der Waals surface area contributed by atoms with Gasteiger partial charge < -0.3 is 30.6 Å². The maximum absolute atomic E-state index is 10.1. The average molecular weight is 382 g/mol. The first-order valence-electron chi connectivity index (χ1n) is 9.27. The van der Waals surface area contributed by atoms with Gasteiger partial charge in [-0.3, -0.25) is 0 Å². The molecular weight excluding hydrogens is 360 g/mol. The topological polar surface area (TPSA) is 121 Å². The van der Waals surface area contributed by atoms with Crippen LogP contribution in [-0.2, 0) is 25.7 Å². The third-order valence-corrected chi connectivity index (χ3v) is 5.69. The van der Waals surface area contributed by atoms with Crippen LogP contribution in [-0.4, -0.2) is 55.1 Å². The minimum absolute atomic E-state index is 0.0747. The zero-order valence-corrected chi connectivity index (χ0v) is 15.1. The van der Waals surface area contributed by atoms with E-state index in [1.54, 1.807) is 12.1 Å². The predicted molar refractivity (Wildman–Crippen MR) is 101 cm³/mol. The highest BCUT2D eigenvalue weighted by Gasteiger charge is 2.30. The van der Waals surface area contributed by atoms with Crippen molar-refractivity contribution in [2.24, 2.45) is 0 Å². The van der Waals surface area contributed by atoms with E-state index in [9.17, 15) is 30.6 Å². The normalized spacial score (nSPS) is 26.0. The number of benzene rings is 2. The molecule has 0 amide bonds. The second kappa shape index (κ2) is 7.12. The van der Waals surface area contributed by atoms with Gasteiger partial charge in [0, 0.05) is 47.9 Å². The summed E-state index contributed by atoms with van der Waals surface area (Å²) >= 11 is 0. The summed E-state index contributed by atoms with van der Waals surface area (Å²) < 4.78 is 0. The molecule has 0 bridgehead atoms. The van der Waals surface area contributed by atoms with E-state index >= 15 is 0 Å². The van der Waals surface area contributed by atoms with Gasteiger partial charge >= 0.3 is 0 Å². The van der Waals surface area contributed by atoms with Gasteiger partial charge in [0.15, 0.2) is 0 Å². The van der Waals surface area contributed by atoms with E-state index in [0.29, 0.717) is 33.4 Å². The highest BCUT2D eigenvalue weighted by Crippen LogP contribution is 2.33. The van der Waals surface area contributed by atoms with Crippen molar-refractivity contribution in [2.75, 3.05) is 0 Å². The second-order valence-corrected chi connectivity index (χ2v) is 7.51. The molecule has 146 valence electrons. The van der Waals surface area contributed by atoms with E-state index in [4.69, 9.17) is 0 Å². The van der Waals surface area contributed by atoms with Crippen LogP contribution in [0.5, 0.6) is 11.5 Å². The molecule has 0 saturated carbocycles. The van der Waals surface area contributed by atoms with Crippen molar-refractivity contribution in [3.05, 3.63) is 57.6 Å². The van der Waals surface area contributed by atoms with Crippen molar-refractivity contribution < 1.29 is 30.6 Å². The number of phenols is 2. The fourth-order valence-electron chi connectivity index (χ4n) is 4.03. The van der Waals surface area contributed by atoms with Gasteiger partial charge in [-0.05, 0) is 35.4 Å². The van der Waals surface area contributed by atoms with Gasteiger partial charge in [0.05, 0.1) is 24.4 Å². The zero-order chi connectivity index (χ0) is 20.0. The number of aliphatic hydroxyl groups excluding tert-OH is 4. The van der Waals surface area contributed by atoms with Crippen LogP contribution in [0.1, 0.15) is 33.4 Å². The van der Waals surface area contributed by atoms with Crippen molar-refractivity contribution in [1.29, 1.82) is 0 Å². The molecule has 6 N–H and O–H groups in total. The van der Waals surface area contributed by atoms with Gasteiger partial charge in [0.1, 0.15) is 11.5 Å². The van der Waals surface area contributed by atoms with Crippen molar-refractivity contribution >= 4 is 0 Å². The molecule has 0 aromatic heterocycles. The molecule has 6 heteroatoms. The Labute approximate surface area is 162 Å². The summed E-state index contributed by atoms with van der Waals surface area (Å²) in [5.74, 6) is 6.28. The number of aliphatic hydroxyl groups is 4. The largest absolute Gasteiger partial charge is 0.508 e. The number of rotatable bonds is 0. The van der Waals surface area contributed by atoms with Crippen molar-refractivity contribution in [2.45, 2.75) is 50.1 Å². The highest BCUT2D eigenvalue weighted by atomic mass is 16.3. The molecule has 2 aliphatic rings. The maximum Gasteiger partial charge on any atom is 0.119 e. The molecule has 6 nitrogen and oxygen atoms in total. The summed E-state index contributed by atoms with van der Waals surface area (Å²) in [6, 6.07) is 6.41. The fraction of sp³-hybridized carbons (Fsp3) is 0.364. The minimum atomic E-state index is -0.918. The molecule has 2 aromatic rings. The lowest BCUT2D eigenvalue weighted by molar-refractivity contribution is 0.0136. The summed E-state index contributed by atoms with van der Waals surface area (Å²) in [6.45, 7) is 0. The Kier molecular flexibility index (Phi) is 4.77. The fourth-order valence-corrected chi connectivity index (χ4v) is 4.03. The smallest absolute Gasteiger partial charge is 0.119 e. The Hall–Kier alpha value is -2.56. The highest BCUT2D eigenvalue weighted by molar-refractivity contribution is 5.58. The quantitative estimate of drug-likeness (QED) is 0.361. The molecular formula is C22H22O6. The van der Waals surface area contributed by atoms with E-state index in [0.717, 1.165) is 0 Å². The predicted octanol–water partition coefficient (Wildman–Crippen LogP) is 0.138. The SMILES string of the molecule is Oc1ccc(C#Cc2ccc(O)c3c2C[C@@H](O)[C@@H](O)C3)c2c1C[C@H](O)[C@H](O)C2. The first kappa shape index (κ1) is 18.8. The first-order chi connectivity index (χ1) is 13.3. The second-order valence-electron chi connectivity index (χ2n) is 7.51. The first-order valence-corrected chi connectivity index (χ1v) is 9.27. The average Bonchev–Trinajstić information content (AvgIpc) is 2.66. The molecule has 0 unspecified atom stereocenters. The van der Waals surface area contributed by atoms with Gasteiger partial charge in [-0.1, -0.05) is 11.8 Å². The lowest BCUT2D eigenvalue weighted by Gasteiger charge is -2.27. The van der Waals surface area contributed by atoms with E-state index in [-0.39, 0.29) is 37.2 Å².